The SMILES string of the molecule is CCCCCCCCCCCCCCCCCCC(=O)O[C@H](COC(=O)CCCCCCCCCCCCCCCCC(C)C)COC(=O)CCCCCCCCCCCCCCCCC(C)CC. The molecule has 0 aromatic carbocycles. The predicted molar refractivity (Wildman–Crippen MR) is 298 cm³/mol. The molecule has 0 heterocycles. The zero-order chi connectivity index (χ0) is 50.4. The van der Waals surface area contributed by atoms with E-state index in [9.17, 15) is 14.4 Å². The third-order valence-corrected chi connectivity index (χ3v) is 14.8. The lowest BCUT2D eigenvalue weighted by Crippen LogP contribution is -2.30. The van der Waals surface area contributed by atoms with Crippen LogP contribution in [-0.4, -0.2) is 37.2 Å². The number of hydrogen-bond donors (Lipinski definition) is 0. The third-order valence-electron chi connectivity index (χ3n) is 14.8. The molecule has 0 saturated heterocycles. The van der Waals surface area contributed by atoms with E-state index in [1.165, 1.54) is 244 Å². The normalized spacial score (nSPS) is 12.4. The molecule has 1 unspecified atom stereocenters. The van der Waals surface area contributed by atoms with Crippen LogP contribution >= 0.6 is 0 Å². The molecule has 0 rings (SSSR count). The van der Waals surface area contributed by atoms with Crippen LogP contribution in [0.2, 0.25) is 0 Å². The molecule has 69 heavy (non-hydrogen) atoms. The van der Waals surface area contributed by atoms with Gasteiger partial charge in [0.05, 0.1) is 0 Å². The monoisotopic (exact) mass is 975 g/mol. The molecule has 0 radical (unpaired) electrons. The Labute approximate surface area is 431 Å². The van der Waals surface area contributed by atoms with Crippen molar-refractivity contribution in [1.82, 2.24) is 0 Å². The average Bonchev–Trinajstić information content (AvgIpc) is 3.34. The first-order valence-electron chi connectivity index (χ1n) is 31.3. The first-order valence-corrected chi connectivity index (χ1v) is 31.3. The highest BCUT2D eigenvalue weighted by molar-refractivity contribution is 5.71. The second kappa shape index (κ2) is 55.7. The maximum absolute atomic E-state index is 12.9. The minimum Gasteiger partial charge on any atom is -0.462 e. The molecule has 0 aromatic rings. The van der Waals surface area contributed by atoms with Gasteiger partial charge in [-0.1, -0.05) is 317 Å². The Kier molecular flexibility index (Phi) is 54.4. The van der Waals surface area contributed by atoms with Crippen LogP contribution in [0.15, 0.2) is 0 Å². The molecule has 0 N–H and O–H groups in total. The van der Waals surface area contributed by atoms with Gasteiger partial charge in [-0.3, -0.25) is 14.4 Å². The Balaban J connectivity index is 4.29. The summed E-state index contributed by atoms with van der Waals surface area (Å²) in [5, 5.41) is 0. The Morgan fingerprint density at radius 2 is 0.551 bits per heavy atom. The van der Waals surface area contributed by atoms with E-state index in [0.717, 1.165) is 69.6 Å². The summed E-state index contributed by atoms with van der Waals surface area (Å²) >= 11 is 0. The molecule has 0 aliphatic rings. The van der Waals surface area contributed by atoms with Crippen LogP contribution < -0.4 is 0 Å². The van der Waals surface area contributed by atoms with Gasteiger partial charge in [0.25, 0.3) is 0 Å². The summed E-state index contributed by atoms with van der Waals surface area (Å²) in [5.41, 5.74) is 0. The minimum absolute atomic E-state index is 0.0620. The molecule has 0 aliphatic carbocycles. The molecule has 410 valence electrons. The van der Waals surface area contributed by atoms with Crippen LogP contribution in [0.3, 0.4) is 0 Å². The summed E-state index contributed by atoms with van der Waals surface area (Å²) in [5.74, 6) is 0.908. The van der Waals surface area contributed by atoms with Crippen LogP contribution in [0.25, 0.3) is 0 Å². The highest BCUT2D eigenvalue weighted by atomic mass is 16.6. The quantitative estimate of drug-likeness (QED) is 0.0343. The van der Waals surface area contributed by atoms with Gasteiger partial charge >= 0.3 is 17.9 Å². The molecule has 2 atom stereocenters. The van der Waals surface area contributed by atoms with E-state index in [0.29, 0.717) is 19.3 Å². The summed E-state index contributed by atoms with van der Waals surface area (Å²) in [4.78, 5) is 38.3. The standard InChI is InChI=1S/C63H122O6/c1-6-8-9-10-11-12-13-14-15-16-25-30-35-40-45-50-55-63(66)69-60(56-67-61(64)53-48-43-38-33-28-23-19-17-21-26-31-36-41-46-51-58(3)4)57-68-62(65)54-49-44-39-34-29-24-20-18-22-27-32-37-42-47-52-59(5)7-2/h58-60H,6-57H2,1-5H3/t59?,60-/m1/s1. The van der Waals surface area contributed by atoms with Gasteiger partial charge in [0.2, 0.25) is 0 Å². The first kappa shape index (κ1) is 67.4. The molecule has 6 heteroatoms. The topological polar surface area (TPSA) is 78.9 Å². The summed E-state index contributed by atoms with van der Waals surface area (Å²) in [6.45, 7) is 11.5. The fraction of sp³-hybridized carbons (Fsp3) is 0.952. The van der Waals surface area contributed by atoms with Gasteiger partial charge in [-0.15, -0.1) is 0 Å². The molecule has 6 nitrogen and oxygen atoms in total. The van der Waals surface area contributed by atoms with Gasteiger partial charge in [-0.25, -0.2) is 0 Å². The second-order valence-corrected chi connectivity index (χ2v) is 22.4. The Hall–Kier alpha value is -1.59. The zero-order valence-electron chi connectivity index (χ0n) is 47.5. The molecule has 0 aromatic heterocycles. The number of esters is 3. The summed E-state index contributed by atoms with van der Waals surface area (Å²) < 4.78 is 17.0. The molecular weight excluding hydrogens is 853 g/mol. The van der Waals surface area contributed by atoms with E-state index in [1.54, 1.807) is 0 Å². The lowest BCUT2D eigenvalue weighted by Gasteiger charge is -2.18. The lowest BCUT2D eigenvalue weighted by atomic mass is 9.99. The molecule has 0 saturated carbocycles. The van der Waals surface area contributed by atoms with Crippen molar-refractivity contribution in [3.8, 4) is 0 Å². The maximum atomic E-state index is 12.9. The Bertz CT molecular complexity index is 1060. The van der Waals surface area contributed by atoms with Crippen LogP contribution in [0.1, 0.15) is 356 Å². The molecule has 0 bridgehead atoms. The Morgan fingerprint density at radius 1 is 0.304 bits per heavy atom. The van der Waals surface area contributed by atoms with Crippen molar-refractivity contribution in [3.63, 3.8) is 0 Å². The number of ether oxygens (including phenoxy) is 3. The fourth-order valence-electron chi connectivity index (χ4n) is 9.73. The fourth-order valence-corrected chi connectivity index (χ4v) is 9.73. The number of hydrogen-bond acceptors (Lipinski definition) is 6. The first-order chi connectivity index (χ1) is 33.8. The van der Waals surface area contributed by atoms with Crippen molar-refractivity contribution in [2.45, 2.75) is 362 Å². The largest absolute Gasteiger partial charge is 0.462 e. The summed E-state index contributed by atoms with van der Waals surface area (Å²) in [6.07, 6.45) is 60.9. The summed E-state index contributed by atoms with van der Waals surface area (Å²) in [7, 11) is 0. The number of rotatable bonds is 57. The molecular formula is C63H122O6. The Morgan fingerprint density at radius 3 is 0.826 bits per heavy atom. The molecule has 0 fully saturated rings. The van der Waals surface area contributed by atoms with Gasteiger partial charge in [-0.05, 0) is 31.1 Å². The van der Waals surface area contributed by atoms with Crippen molar-refractivity contribution in [2.24, 2.45) is 11.8 Å². The second-order valence-electron chi connectivity index (χ2n) is 22.4. The number of unbranched alkanes of at least 4 members (excludes halogenated alkanes) is 41. The van der Waals surface area contributed by atoms with Gasteiger partial charge in [-0.2, -0.15) is 0 Å². The number of carbonyl (C=O) groups excluding carboxylic acids is 3. The van der Waals surface area contributed by atoms with E-state index < -0.39 is 6.10 Å². The van der Waals surface area contributed by atoms with Crippen molar-refractivity contribution >= 4 is 17.9 Å². The van der Waals surface area contributed by atoms with E-state index in [2.05, 4.69) is 34.6 Å². The van der Waals surface area contributed by atoms with Crippen molar-refractivity contribution < 1.29 is 28.6 Å². The number of carbonyl (C=O) groups is 3. The van der Waals surface area contributed by atoms with Crippen LogP contribution in [-0.2, 0) is 28.6 Å². The van der Waals surface area contributed by atoms with Gasteiger partial charge in [0, 0.05) is 19.3 Å². The lowest BCUT2D eigenvalue weighted by molar-refractivity contribution is -0.167. The highest BCUT2D eigenvalue weighted by Gasteiger charge is 2.19. The highest BCUT2D eigenvalue weighted by Crippen LogP contribution is 2.19. The van der Waals surface area contributed by atoms with E-state index in [-0.39, 0.29) is 31.1 Å². The van der Waals surface area contributed by atoms with Gasteiger partial charge in [0.15, 0.2) is 6.10 Å². The summed E-state index contributed by atoms with van der Waals surface area (Å²) in [6, 6.07) is 0. The van der Waals surface area contributed by atoms with Crippen molar-refractivity contribution in [3.05, 3.63) is 0 Å². The van der Waals surface area contributed by atoms with Crippen molar-refractivity contribution in [2.75, 3.05) is 13.2 Å². The molecule has 0 aliphatic heterocycles. The molecule has 0 spiro atoms. The average molecular weight is 976 g/mol. The zero-order valence-corrected chi connectivity index (χ0v) is 47.5. The van der Waals surface area contributed by atoms with Gasteiger partial charge in [0.1, 0.15) is 13.2 Å². The van der Waals surface area contributed by atoms with E-state index >= 15 is 0 Å². The molecule has 0 amide bonds. The maximum Gasteiger partial charge on any atom is 0.306 e. The van der Waals surface area contributed by atoms with Crippen molar-refractivity contribution in [1.29, 1.82) is 0 Å². The third kappa shape index (κ3) is 55.6. The van der Waals surface area contributed by atoms with E-state index in [4.69, 9.17) is 14.2 Å². The van der Waals surface area contributed by atoms with E-state index in [1.807, 2.05) is 0 Å². The van der Waals surface area contributed by atoms with Crippen LogP contribution in [0.5, 0.6) is 0 Å². The van der Waals surface area contributed by atoms with Gasteiger partial charge < -0.3 is 14.2 Å². The minimum atomic E-state index is -0.763. The smallest absolute Gasteiger partial charge is 0.306 e. The van der Waals surface area contributed by atoms with Crippen LogP contribution in [0, 0.1) is 11.8 Å². The predicted octanol–water partition coefficient (Wildman–Crippen LogP) is 20.8. The van der Waals surface area contributed by atoms with Crippen LogP contribution in [0.4, 0.5) is 0 Å².